The Morgan fingerprint density at radius 3 is 2.46 bits per heavy atom. The number of ether oxygens (including phenoxy) is 1. The highest BCUT2D eigenvalue weighted by Crippen LogP contribution is 2.57. The molecule has 1 saturated heterocycles. The summed E-state index contributed by atoms with van der Waals surface area (Å²) in [7, 11) is 0. The number of hydrogen-bond acceptors (Lipinski definition) is 2. The third-order valence-corrected chi connectivity index (χ3v) is 3.37. The zero-order chi connectivity index (χ0) is 9.85. The molecule has 1 heterocycles. The van der Waals surface area contributed by atoms with E-state index in [1.54, 1.807) is 0 Å². The van der Waals surface area contributed by atoms with Gasteiger partial charge in [-0.2, -0.15) is 0 Å². The lowest BCUT2D eigenvalue weighted by Crippen LogP contribution is -2.38. The zero-order valence-corrected chi connectivity index (χ0v) is 8.33. The minimum Gasteiger partial charge on any atom is -0.481 e. The quantitative estimate of drug-likeness (QED) is 0.630. The fourth-order valence-corrected chi connectivity index (χ4v) is 2.85. The van der Waals surface area contributed by atoms with Crippen molar-refractivity contribution in [2.75, 3.05) is 0 Å². The average Bonchev–Trinajstić information content (AvgIpc) is 2.61. The fourth-order valence-electron chi connectivity index (χ4n) is 2.85. The normalized spacial score (nSPS) is 46.7. The molecule has 3 atom stereocenters. The van der Waals surface area contributed by atoms with Crippen molar-refractivity contribution in [1.82, 2.24) is 0 Å². The van der Waals surface area contributed by atoms with Crippen molar-refractivity contribution < 1.29 is 14.6 Å². The molecular formula is C10H16O3. The summed E-state index contributed by atoms with van der Waals surface area (Å²) in [6, 6.07) is 0. The van der Waals surface area contributed by atoms with E-state index < -0.39 is 5.97 Å². The van der Waals surface area contributed by atoms with E-state index in [4.69, 9.17) is 9.84 Å². The Labute approximate surface area is 78.1 Å². The average molecular weight is 184 g/mol. The maximum Gasteiger partial charge on any atom is 0.306 e. The summed E-state index contributed by atoms with van der Waals surface area (Å²) in [4.78, 5) is 10.9. The first-order valence-electron chi connectivity index (χ1n) is 4.76. The molecule has 3 unspecified atom stereocenters. The molecule has 0 spiro atoms. The van der Waals surface area contributed by atoms with Gasteiger partial charge in [-0.05, 0) is 25.2 Å². The highest BCUT2D eigenvalue weighted by Gasteiger charge is 2.64. The first-order valence-corrected chi connectivity index (χ1v) is 4.76. The molecule has 1 aliphatic heterocycles. The number of epoxide rings is 1. The molecule has 2 rings (SSSR count). The smallest absolute Gasteiger partial charge is 0.306 e. The summed E-state index contributed by atoms with van der Waals surface area (Å²) in [5.74, 6) is -0.901. The van der Waals surface area contributed by atoms with Crippen LogP contribution in [-0.4, -0.2) is 22.8 Å². The van der Waals surface area contributed by atoms with Crippen molar-refractivity contribution >= 4 is 5.97 Å². The summed E-state index contributed by atoms with van der Waals surface area (Å²) < 4.78 is 5.60. The van der Waals surface area contributed by atoms with Gasteiger partial charge in [0.15, 0.2) is 0 Å². The molecule has 13 heavy (non-hydrogen) atoms. The van der Waals surface area contributed by atoms with Gasteiger partial charge in [0.1, 0.15) is 0 Å². The summed E-state index contributed by atoms with van der Waals surface area (Å²) in [6.45, 7) is 6.21. The second kappa shape index (κ2) is 2.27. The van der Waals surface area contributed by atoms with Crippen molar-refractivity contribution in [2.24, 2.45) is 11.3 Å². The second-order valence-electron chi connectivity index (χ2n) is 5.24. The van der Waals surface area contributed by atoms with Crippen molar-refractivity contribution in [1.29, 1.82) is 0 Å². The van der Waals surface area contributed by atoms with Gasteiger partial charge in [-0.15, -0.1) is 0 Å². The van der Waals surface area contributed by atoms with Crippen LogP contribution in [0.3, 0.4) is 0 Å². The molecule has 0 aromatic carbocycles. The number of carboxylic acid groups (broad SMARTS) is 1. The molecular weight excluding hydrogens is 168 g/mol. The highest BCUT2D eigenvalue weighted by molar-refractivity contribution is 5.70. The summed E-state index contributed by atoms with van der Waals surface area (Å²) in [5.41, 5.74) is -0.124. The maximum absolute atomic E-state index is 10.9. The van der Waals surface area contributed by atoms with Crippen molar-refractivity contribution in [3.63, 3.8) is 0 Å². The van der Waals surface area contributed by atoms with Gasteiger partial charge < -0.3 is 9.84 Å². The van der Waals surface area contributed by atoms with Crippen LogP contribution >= 0.6 is 0 Å². The van der Waals surface area contributed by atoms with Gasteiger partial charge in [0.05, 0.1) is 17.6 Å². The molecule has 1 N–H and O–H groups in total. The van der Waals surface area contributed by atoms with E-state index in [1.807, 2.05) is 6.92 Å². The monoisotopic (exact) mass is 184 g/mol. The van der Waals surface area contributed by atoms with Crippen LogP contribution in [0.25, 0.3) is 0 Å². The Hall–Kier alpha value is -0.570. The molecule has 1 aliphatic carbocycles. The molecule has 2 aliphatic rings. The van der Waals surface area contributed by atoms with E-state index in [2.05, 4.69) is 13.8 Å². The molecule has 0 aromatic rings. The number of aliphatic carboxylic acids is 1. The van der Waals surface area contributed by atoms with Gasteiger partial charge >= 0.3 is 5.97 Å². The van der Waals surface area contributed by atoms with Gasteiger partial charge in [-0.3, -0.25) is 4.79 Å². The van der Waals surface area contributed by atoms with Crippen LogP contribution in [0.15, 0.2) is 0 Å². The third-order valence-electron chi connectivity index (χ3n) is 3.37. The van der Waals surface area contributed by atoms with Crippen molar-refractivity contribution in [3.05, 3.63) is 0 Å². The number of fused-ring (bicyclic) bond motifs is 1. The number of hydrogen-bond donors (Lipinski definition) is 1. The number of rotatable bonds is 1. The van der Waals surface area contributed by atoms with Crippen LogP contribution in [0, 0.1) is 11.3 Å². The van der Waals surface area contributed by atoms with E-state index in [0.717, 1.165) is 6.42 Å². The third kappa shape index (κ3) is 1.26. The molecule has 0 amide bonds. The van der Waals surface area contributed by atoms with Gasteiger partial charge in [-0.25, -0.2) is 0 Å². The zero-order valence-electron chi connectivity index (χ0n) is 8.33. The van der Waals surface area contributed by atoms with E-state index in [0.29, 0.717) is 6.42 Å². The van der Waals surface area contributed by atoms with Crippen LogP contribution in [0.2, 0.25) is 0 Å². The standard InChI is InChI=1S/C10H16O3/c1-9(2)4-6(7(11)12)5-10(3)8(9)13-10/h6,8H,4-5H2,1-3H3,(H,11,12). The van der Waals surface area contributed by atoms with E-state index in [1.165, 1.54) is 0 Å². The number of carbonyl (C=O) groups is 1. The SMILES string of the molecule is CC1(C)CC(C(=O)O)CC2(C)OC12. The van der Waals surface area contributed by atoms with Crippen LogP contribution in [0.4, 0.5) is 0 Å². The molecule has 3 heteroatoms. The molecule has 0 aromatic heterocycles. The summed E-state index contributed by atoms with van der Waals surface area (Å²) in [6.07, 6.45) is 1.69. The minimum absolute atomic E-state index is 0.0239. The lowest BCUT2D eigenvalue weighted by Gasteiger charge is -2.32. The van der Waals surface area contributed by atoms with Crippen LogP contribution in [0.1, 0.15) is 33.6 Å². The van der Waals surface area contributed by atoms with Crippen LogP contribution in [-0.2, 0) is 9.53 Å². The van der Waals surface area contributed by atoms with E-state index >= 15 is 0 Å². The topological polar surface area (TPSA) is 49.8 Å². The Morgan fingerprint density at radius 1 is 1.38 bits per heavy atom. The Balaban J connectivity index is 2.18. The Kier molecular flexibility index (Phi) is 1.57. The molecule has 0 radical (unpaired) electrons. The fraction of sp³-hybridized carbons (Fsp3) is 0.900. The molecule has 3 nitrogen and oxygen atoms in total. The maximum atomic E-state index is 10.9. The van der Waals surface area contributed by atoms with Gasteiger partial charge in [-0.1, -0.05) is 13.8 Å². The lowest BCUT2D eigenvalue weighted by atomic mass is 9.68. The van der Waals surface area contributed by atoms with Gasteiger partial charge in [0.2, 0.25) is 0 Å². The highest BCUT2D eigenvalue weighted by atomic mass is 16.6. The lowest BCUT2D eigenvalue weighted by molar-refractivity contribution is -0.144. The van der Waals surface area contributed by atoms with E-state index in [9.17, 15) is 4.79 Å². The molecule has 74 valence electrons. The van der Waals surface area contributed by atoms with E-state index in [-0.39, 0.29) is 23.0 Å². The Bertz CT molecular complexity index is 259. The molecule has 1 saturated carbocycles. The number of carboxylic acids is 1. The van der Waals surface area contributed by atoms with Gasteiger partial charge in [0.25, 0.3) is 0 Å². The molecule has 0 bridgehead atoms. The van der Waals surface area contributed by atoms with Crippen molar-refractivity contribution in [3.8, 4) is 0 Å². The summed E-state index contributed by atoms with van der Waals surface area (Å²) in [5, 5.41) is 8.97. The predicted octanol–water partition coefficient (Wildman–Crippen LogP) is 1.66. The van der Waals surface area contributed by atoms with Crippen molar-refractivity contribution in [2.45, 2.75) is 45.3 Å². The van der Waals surface area contributed by atoms with Crippen LogP contribution in [0.5, 0.6) is 0 Å². The van der Waals surface area contributed by atoms with Crippen LogP contribution < -0.4 is 0 Å². The molecule has 2 fully saturated rings. The first kappa shape index (κ1) is 9.00. The Morgan fingerprint density at radius 2 is 2.00 bits per heavy atom. The second-order valence-corrected chi connectivity index (χ2v) is 5.24. The predicted molar refractivity (Wildman–Crippen MR) is 47.4 cm³/mol. The first-order chi connectivity index (χ1) is 5.85. The largest absolute Gasteiger partial charge is 0.481 e. The summed E-state index contributed by atoms with van der Waals surface area (Å²) >= 11 is 0. The minimum atomic E-state index is -0.678. The van der Waals surface area contributed by atoms with Gasteiger partial charge in [0, 0.05) is 0 Å².